The molecule has 1 amide bonds. The van der Waals surface area contributed by atoms with Crippen LogP contribution in [0.15, 0.2) is 27.8 Å². The first-order chi connectivity index (χ1) is 9.93. The van der Waals surface area contributed by atoms with E-state index in [2.05, 4.69) is 26.4 Å². The number of methoxy groups -OCH3 is 1. The number of carbonyl (C=O) groups excluding carboxylic acids is 1. The van der Waals surface area contributed by atoms with E-state index in [0.717, 1.165) is 4.47 Å². The van der Waals surface area contributed by atoms with E-state index in [1.54, 1.807) is 18.2 Å². The first-order valence-electron chi connectivity index (χ1n) is 6.58. The topological polar surface area (TPSA) is 96.9 Å². The molecule has 1 aromatic rings. The maximum absolute atomic E-state index is 12.5. The molecule has 1 rings (SSSR count). The number of amides is 1. The van der Waals surface area contributed by atoms with Crippen LogP contribution in [0.4, 0.5) is 0 Å². The fourth-order valence-corrected chi connectivity index (χ4v) is 2.43. The molecule has 0 heterocycles. The summed E-state index contributed by atoms with van der Waals surface area (Å²) in [7, 11) is 1.50. The van der Waals surface area contributed by atoms with E-state index in [9.17, 15) is 4.79 Å². The predicted molar refractivity (Wildman–Crippen MR) is 84.9 cm³/mol. The zero-order valence-corrected chi connectivity index (χ0v) is 13.9. The van der Waals surface area contributed by atoms with Crippen molar-refractivity contribution in [3.63, 3.8) is 0 Å². The molecule has 1 aromatic carbocycles. The number of hydrogen-bond donors (Lipinski definition) is 3. The van der Waals surface area contributed by atoms with Gasteiger partial charge in [0.15, 0.2) is 5.84 Å². The molecule has 0 unspecified atom stereocenters. The minimum Gasteiger partial charge on any atom is -0.496 e. The molecule has 4 N–H and O–H groups in total. The van der Waals surface area contributed by atoms with Crippen molar-refractivity contribution >= 4 is 27.7 Å². The van der Waals surface area contributed by atoms with Crippen molar-refractivity contribution in [3.05, 3.63) is 28.2 Å². The van der Waals surface area contributed by atoms with Crippen LogP contribution in [-0.4, -0.2) is 29.6 Å². The van der Waals surface area contributed by atoms with E-state index >= 15 is 0 Å². The fourth-order valence-electron chi connectivity index (χ4n) is 2.09. The fraction of sp³-hybridized carbons (Fsp3) is 0.429. The second-order valence-electron chi connectivity index (χ2n) is 4.57. The Kier molecular flexibility index (Phi) is 6.02. The van der Waals surface area contributed by atoms with Gasteiger partial charge in [-0.3, -0.25) is 4.79 Å². The molecular formula is C14H20BrN3O3. The summed E-state index contributed by atoms with van der Waals surface area (Å²) < 4.78 is 6.02. The Balaban J connectivity index is 3.14. The van der Waals surface area contributed by atoms with Crippen LogP contribution in [0.5, 0.6) is 5.75 Å². The molecule has 0 saturated heterocycles. The monoisotopic (exact) mass is 357 g/mol. The van der Waals surface area contributed by atoms with Crippen molar-refractivity contribution in [1.29, 1.82) is 0 Å². The van der Waals surface area contributed by atoms with Crippen LogP contribution in [0.1, 0.15) is 37.0 Å². The van der Waals surface area contributed by atoms with Crippen molar-refractivity contribution < 1.29 is 14.7 Å². The first kappa shape index (κ1) is 17.3. The molecule has 6 nitrogen and oxygen atoms in total. The third kappa shape index (κ3) is 3.66. The highest BCUT2D eigenvalue weighted by molar-refractivity contribution is 9.10. The van der Waals surface area contributed by atoms with Crippen molar-refractivity contribution in [2.45, 2.75) is 32.2 Å². The van der Waals surface area contributed by atoms with Crippen LogP contribution < -0.4 is 15.8 Å². The van der Waals surface area contributed by atoms with Crippen molar-refractivity contribution in [2.75, 3.05) is 7.11 Å². The molecule has 7 heteroatoms. The molecule has 21 heavy (non-hydrogen) atoms. The van der Waals surface area contributed by atoms with Crippen LogP contribution in [0.25, 0.3) is 0 Å². The molecular weight excluding hydrogens is 338 g/mol. The molecule has 0 aliphatic heterocycles. The quantitative estimate of drug-likeness (QED) is 0.315. The predicted octanol–water partition coefficient (Wildman–Crippen LogP) is 2.49. The third-order valence-corrected chi connectivity index (χ3v) is 4.06. The number of nitrogens with one attached hydrogen (secondary N) is 1. The van der Waals surface area contributed by atoms with E-state index in [0.29, 0.717) is 24.2 Å². The van der Waals surface area contributed by atoms with Gasteiger partial charge < -0.3 is 21.0 Å². The summed E-state index contributed by atoms with van der Waals surface area (Å²) in [5.41, 5.74) is 5.24. The summed E-state index contributed by atoms with van der Waals surface area (Å²) in [5, 5.41) is 14.8. The van der Waals surface area contributed by atoms with Crippen LogP contribution in [0.2, 0.25) is 0 Å². The molecule has 0 fully saturated rings. The molecule has 0 atom stereocenters. The summed E-state index contributed by atoms with van der Waals surface area (Å²) >= 11 is 3.33. The maximum Gasteiger partial charge on any atom is 0.255 e. The molecule has 0 aliphatic rings. The number of amidine groups is 1. The molecule has 0 spiro atoms. The number of carbonyl (C=O) groups is 1. The van der Waals surface area contributed by atoms with Crippen LogP contribution in [-0.2, 0) is 0 Å². The zero-order valence-electron chi connectivity index (χ0n) is 12.3. The molecule has 0 aromatic heterocycles. The Morgan fingerprint density at radius 3 is 2.57 bits per heavy atom. The lowest BCUT2D eigenvalue weighted by atomic mass is 9.91. The number of nitrogens with two attached hydrogens (primary N) is 1. The maximum atomic E-state index is 12.5. The lowest BCUT2D eigenvalue weighted by molar-refractivity contribution is 0.0914. The number of ether oxygens (including phenoxy) is 1. The van der Waals surface area contributed by atoms with Gasteiger partial charge >= 0.3 is 0 Å². The lowest BCUT2D eigenvalue weighted by Crippen LogP contribution is -2.56. The molecule has 116 valence electrons. The van der Waals surface area contributed by atoms with E-state index in [-0.39, 0.29) is 11.7 Å². The summed E-state index contributed by atoms with van der Waals surface area (Å²) in [5.74, 6) is 0.0917. The normalized spacial score (nSPS) is 12.1. The van der Waals surface area contributed by atoms with Gasteiger partial charge in [0.1, 0.15) is 11.3 Å². The van der Waals surface area contributed by atoms with Gasteiger partial charge in [-0.1, -0.05) is 34.9 Å². The van der Waals surface area contributed by atoms with Crippen LogP contribution in [0.3, 0.4) is 0 Å². The Hall–Kier alpha value is -1.76. The zero-order chi connectivity index (χ0) is 16.0. The summed E-state index contributed by atoms with van der Waals surface area (Å²) in [4.78, 5) is 12.5. The number of benzene rings is 1. The van der Waals surface area contributed by atoms with E-state index in [1.807, 2.05) is 13.8 Å². The average Bonchev–Trinajstić information content (AvgIpc) is 2.51. The molecule has 0 radical (unpaired) electrons. The van der Waals surface area contributed by atoms with Gasteiger partial charge in [-0.15, -0.1) is 0 Å². The Bertz CT molecular complexity index is 542. The van der Waals surface area contributed by atoms with Crippen LogP contribution >= 0.6 is 15.9 Å². The van der Waals surface area contributed by atoms with Gasteiger partial charge in [-0.05, 0) is 31.0 Å². The third-order valence-electron chi connectivity index (χ3n) is 3.57. The Morgan fingerprint density at radius 2 is 2.10 bits per heavy atom. The van der Waals surface area contributed by atoms with Crippen molar-refractivity contribution in [1.82, 2.24) is 5.32 Å². The standard InChI is InChI=1S/C14H20BrN3O3/c1-4-14(5-2,13(16)18-20)17-12(19)10-7-6-9(15)8-11(10)21-3/h6-8,20H,4-5H2,1-3H3,(H2,16,18)(H,17,19). The highest BCUT2D eigenvalue weighted by atomic mass is 79.9. The first-order valence-corrected chi connectivity index (χ1v) is 7.37. The van der Waals surface area contributed by atoms with Gasteiger partial charge in [-0.2, -0.15) is 0 Å². The molecule has 0 aliphatic carbocycles. The summed E-state index contributed by atoms with van der Waals surface area (Å²) in [6.45, 7) is 3.72. The van der Waals surface area contributed by atoms with Gasteiger partial charge in [0.05, 0.1) is 12.7 Å². The summed E-state index contributed by atoms with van der Waals surface area (Å²) in [6, 6.07) is 5.11. The van der Waals surface area contributed by atoms with E-state index in [4.69, 9.17) is 15.7 Å². The number of hydrogen-bond acceptors (Lipinski definition) is 4. The lowest BCUT2D eigenvalue weighted by Gasteiger charge is -2.31. The largest absolute Gasteiger partial charge is 0.496 e. The number of halogens is 1. The smallest absolute Gasteiger partial charge is 0.255 e. The van der Waals surface area contributed by atoms with Gasteiger partial charge in [0.25, 0.3) is 5.91 Å². The van der Waals surface area contributed by atoms with Gasteiger partial charge in [0, 0.05) is 4.47 Å². The van der Waals surface area contributed by atoms with E-state index < -0.39 is 5.54 Å². The SMILES string of the molecule is CCC(CC)(NC(=O)c1ccc(Br)cc1OC)/C(N)=N/O. The minimum atomic E-state index is -0.885. The Morgan fingerprint density at radius 1 is 1.48 bits per heavy atom. The molecule has 0 saturated carbocycles. The van der Waals surface area contributed by atoms with Crippen molar-refractivity contribution in [3.8, 4) is 5.75 Å². The number of rotatable bonds is 6. The molecule has 0 bridgehead atoms. The second kappa shape index (κ2) is 7.31. The highest BCUT2D eigenvalue weighted by Crippen LogP contribution is 2.25. The Labute approximate surface area is 132 Å². The highest BCUT2D eigenvalue weighted by Gasteiger charge is 2.34. The van der Waals surface area contributed by atoms with E-state index in [1.165, 1.54) is 7.11 Å². The second-order valence-corrected chi connectivity index (χ2v) is 5.49. The van der Waals surface area contributed by atoms with Gasteiger partial charge in [0.2, 0.25) is 0 Å². The summed E-state index contributed by atoms with van der Waals surface area (Å²) in [6.07, 6.45) is 1.01. The number of oxime groups is 1. The number of nitrogens with zero attached hydrogens (tertiary/aromatic N) is 1. The van der Waals surface area contributed by atoms with Crippen LogP contribution in [0, 0.1) is 0 Å². The van der Waals surface area contributed by atoms with Crippen molar-refractivity contribution in [2.24, 2.45) is 10.9 Å². The average molecular weight is 358 g/mol. The minimum absolute atomic E-state index is 0.0167. The van der Waals surface area contributed by atoms with Gasteiger partial charge in [-0.25, -0.2) is 0 Å².